The molecule has 2 rings (SSSR count). The molecule has 0 atom stereocenters. The SMILES string of the molecule is CCc1occc1/C(Cl)=C(/C#N)c1ccccc1. The molecule has 0 aliphatic heterocycles. The van der Waals surface area contributed by atoms with Gasteiger partial charge in [0.15, 0.2) is 0 Å². The molecular weight excluding hydrogens is 246 g/mol. The van der Waals surface area contributed by atoms with Crippen LogP contribution >= 0.6 is 11.6 Å². The standard InChI is InChI=1S/C15H12ClNO/c1-2-14-12(8-9-18-14)15(16)13(10-17)11-6-4-3-5-7-11/h3-9H,2H2,1H3/b15-13+. The van der Waals surface area contributed by atoms with Gasteiger partial charge in [0, 0.05) is 12.0 Å². The Morgan fingerprint density at radius 1 is 1.28 bits per heavy atom. The lowest BCUT2D eigenvalue weighted by atomic mass is 10.0. The van der Waals surface area contributed by atoms with Gasteiger partial charge in [-0.25, -0.2) is 0 Å². The van der Waals surface area contributed by atoms with Crippen LogP contribution in [0.5, 0.6) is 0 Å². The molecule has 0 bridgehead atoms. The van der Waals surface area contributed by atoms with Crippen LogP contribution in [-0.4, -0.2) is 0 Å². The molecule has 0 amide bonds. The van der Waals surface area contributed by atoms with Gasteiger partial charge in [0.05, 0.1) is 16.9 Å². The van der Waals surface area contributed by atoms with Crippen LogP contribution in [0.3, 0.4) is 0 Å². The molecule has 0 spiro atoms. The summed E-state index contributed by atoms with van der Waals surface area (Å²) in [7, 11) is 0. The quantitative estimate of drug-likeness (QED) is 0.761. The number of rotatable bonds is 3. The van der Waals surface area contributed by atoms with E-state index >= 15 is 0 Å². The highest BCUT2D eigenvalue weighted by atomic mass is 35.5. The van der Waals surface area contributed by atoms with Gasteiger partial charge in [-0.15, -0.1) is 0 Å². The Morgan fingerprint density at radius 3 is 2.61 bits per heavy atom. The van der Waals surface area contributed by atoms with E-state index in [9.17, 15) is 5.26 Å². The van der Waals surface area contributed by atoms with Gasteiger partial charge in [-0.05, 0) is 11.6 Å². The summed E-state index contributed by atoms with van der Waals surface area (Å²) in [4.78, 5) is 0. The number of nitrogens with zero attached hydrogens (tertiary/aromatic N) is 1. The fourth-order valence-corrected chi connectivity index (χ4v) is 2.11. The molecule has 90 valence electrons. The van der Waals surface area contributed by atoms with Crippen LogP contribution in [0.2, 0.25) is 0 Å². The second-order valence-electron chi connectivity index (χ2n) is 3.78. The third kappa shape index (κ3) is 2.32. The Morgan fingerprint density at radius 2 is 2.00 bits per heavy atom. The fraction of sp³-hybridized carbons (Fsp3) is 0.133. The van der Waals surface area contributed by atoms with Gasteiger partial charge < -0.3 is 4.42 Å². The zero-order valence-electron chi connectivity index (χ0n) is 9.98. The Bertz CT molecular complexity index is 605. The third-order valence-corrected chi connectivity index (χ3v) is 3.09. The average Bonchev–Trinajstić information content (AvgIpc) is 2.89. The van der Waals surface area contributed by atoms with E-state index in [1.165, 1.54) is 0 Å². The Labute approximate surface area is 111 Å². The second-order valence-corrected chi connectivity index (χ2v) is 4.16. The van der Waals surface area contributed by atoms with E-state index in [1.807, 2.05) is 37.3 Å². The van der Waals surface area contributed by atoms with Crippen molar-refractivity contribution in [3.05, 3.63) is 59.5 Å². The monoisotopic (exact) mass is 257 g/mol. The number of aryl methyl sites for hydroxylation is 1. The van der Waals surface area contributed by atoms with E-state index in [0.29, 0.717) is 10.6 Å². The highest BCUT2D eigenvalue weighted by Gasteiger charge is 2.14. The minimum Gasteiger partial charge on any atom is -0.469 e. The topological polar surface area (TPSA) is 36.9 Å². The summed E-state index contributed by atoms with van der Waals surface area (Å²) in [6.07, 6.45) is 2.34. The third-order valence-electron chi connectivity index (χ3n) is 2.70. The van der Waals surface area contributed by atoms with Crippen LogP contribution in [0.1, 0.15) is 23.8 Å². The molecular formula is C15H12ClNO. The molecule has 0 saturated carbocycles. The Hall–Kier alpha value is -1.98. The largest absolute Gasteiger partial charge is 0.469 e. The molecule has 3 heteroatoms. The summed E-state index contributed by atoms with van der Waals surface area (Å²) >= 11 is 6.33. The maximum Gasteiger partial charge on any atom is 0.112 e. The molecule has 2 nitrogen and oxygen atoms in total. The molecule has 1 heterocycles. The number of allylic oxidation sites excluding steroid dienone is 1. The van der Waals surface area contributed by atoms with Crippen LogP contribution < -0.4 is 0 Å². The summed E-state index contributed by atoms with van der Waals surface area (Å²) in [5, 5.41) is 9.73. The molecule has 0 saturated heterocycles. The zero-order valence-corrected chi connectivity index (χ0v) is 10.7. The first-order valence-electron chi connectivity index (χ1n) is 5.70. The van der Waals surface area contributed by atoms with Gasteiger partial charge in [0.2, 0.25) is 0 Å². The fourth-order valence-electron chi connectivity index (χ4n) is 1.79. The second kappa shape index (κ2) is 5.57. The van der Waals surface area contributed by atoms with Crippen LogP contribution in [0.4, 0.5) is 0 Å². The zero-order chi connectivity index (χ0) is 13.0. The number of benzene rings is 1. The molecule has 1 aromatic carbocycles. The van der Waals surface area contributed by atoms with Crippen molar-refractivity contribution in [2.24, 2.45) is 0 Å². The summed E-state index contributed by atoms with van der Waals surface area (Å²) < 4.78 is 5.34. The van der Waals surface area contributed by atoms with Crippen molar-refractivity contribution in [3.63, 3.8) is 0 Å². The first-order valence-corrected chi connectivity index (χ1v) is 6.07. The van der Waals surface area contributed by atoms with Crippen LogP contribution in [0.25, 0.3) is 10.6 Å². The highest BCUT2D eigenvalue weighted by Crippen LogP contribution is 2.32. The predicted molar refractivity (Wildman–Crippen MR) is 72.8 cm³/mol. The van der Waals surface area contributed by atoms with E-state index in [0.717, 1.165) is 23.3 Å². The maximum atomic E-state index is 9.29. The normalized spacial score (nSPS) is 11.8. The lowest BCUT2D eigenvalue weighted by molar-refractivity contribution is 0.515. The van der Waals surface area contributed by atoms with Crippen molar-refractivity contribution in [1.82, 2.24) is 0 Å². The molecule has 0 N–H and O–H groups in total. The lowest BCUT2D eigenvalue weighted by Gasteiger charge is -2.03. The van der Waals surface area contributed by atoms with Crippen LogP contribution in [0, 0.1) is 11.3 Å². The van der Waals surface area contributed by atoms with Gasteiger partial charge in [0.25, 0.3) is 0 Å². The van der Waals surface area contributed by atoms with Gasteiger partial charge in [-0.3, -0.25) is 0 Å². The van der Waals surface area contributed by atoms with Crippen molar-refractivity contribution in [3.8, 4) is 6.07 Å². The van der Waals surface area contributed by atoms with Crippen molar-refractivity contribution >= 4 is 22.2 Å². The van der Waals surface area contributed by atoms with E-state index in [2.05, 4.69) is 6.07 Å². The summed E-state index contributed by atoms with van der Waals surface area (Å²) in [5.74, 6) is 0.795. The van der Waals surface area contributed by atoms with Gasteiger partial charge in [-0.2, -0.15) is 5.26 Å². The van der Waals surface area contributed by atoms with E-state index in [4.69, 9.17) is 16.0 Å². The van der Waals surface area contributed by atoms with Crippen LogP contribution in [0.15, 0.2) is 47.1 Å². The smallest absolute Gasteiger partial charge is 0.112 e. The van der Waals surface area contributed by atoms with Crippen molar-refractivity contribution < 1.29 is 4.42 Å². The van der Waals surface area contributed by atoms with E-state index in [1.54, 1.807) is 12.3 Å². The highest BCUT2D eigenvalue weighted by molar-refractivity contribution is 6.53. The van der Waals surface area contributed by atoms with E-state index < -0.39 is 0 Å². The molecule has 0 aliphatic rings. The predicted octanol–water partition coefficient (Wildman–Crippen LogP) is 4.47. The van der Waals surface area contributed by atoms with Crippen molar-refractivity contribution in [2.45, 2.75) is 13.3 Å². The first kappa shape index (κ1) is 12.5. The summed E-state index contributed by atoms with van der Waals surface area (Å²) in [5.41, 5.74) is 2.07. The van der Waals surface area contributed by atoms with Crippen molar-refractivity contribution in [2.75, 3.05) is 0 Å². The summed E-state index contributed by atoms with van der Waals surface area (Å²) in [6, 6.07) is 13.4. The van der Waals surface area contributed by atoms with Crippen molar-refractivity contribution in [1.29, 1.82) is 5.26 Å². The molecule has 0 unspecified atom stereocenters. The molecule has 0 fully saturated rings. The van der Waals surface area contributed by atoms with E-state index in [-0.39, 0.29) is 0 Å². The minimum atomic E-state index is 0.439. The molecule has 1 aromatic heterocycles. The number of hydrogen-bond acceptors (Lipinski definition) is 2. The molecule has 2 aromatic rings. The lowest BCUT2D eigenvalue weighted by Crippen LogP contribution is -1.88. The number of furan rings is 1. The molecule has 18 heavy (non-hydrogen) atoms. The summed E-state index contributed by atoms with van der Waals surface area (Å²) in [6.45, 7) is 1.99. The Kier molecular flexibility index (Phi) is 3.86. The maximum absolute atomic E-state index is 9.29. The number of nitriles is 1. The van der Waals surface area contributed by atoms with Crippen LogP contribution in [-0.2, 0) is 6.42 Å². The minimum absolute atomic E-state index is 0.439. The van der Waals surface area contributed by atoms with Gasteiger partial charge in [0.1, 0.15) is 11.8 Å². The Balaban J connectivity index is 2.55. The number of halogens is 1. The molecule has 0 radical (unpaired) electrons. The first-order chi connectivity index (χ1) is 8.77. The molecule has 0 aliphatic carbocycles. The van der Waals surface area contributed by atoms with Gasteiger partial charge in [-0.1, -0.05) is 48.9 Å². The number of hydrogen-bond donors (Lipinski definition) is 0. The average molecular weight is 258 g/mol. The van der Waals surface area contributed by atoms with Gasteiger partial charge >= 0.3 is 0 Å².